The molecule has 0 atom stereocenters. The van der Waals surface area contributed by atoms with E-state index in [9.17, 15) is 19.8 Å². The van der Waals surface area contributed by atoms with Crippen LogP contribution in [0, 0.1) is 0 Å². The van der Waals surface area contributed by atoms with Crippen LogP contribution < -0.4 is 4.90 Å². The maximum Gasteiger partial charge on any atom is 0.266 e. The normalized spacial score (nSPS) is 13.0. The molecule has 2 N–H and O–H groups in total. The van der Waals surface area contributed by atoms with Crippen LogP contribution in [0.15, 0.2) is 91.0 Å². The molecule has 5 nitrogen and oxygen atoms in total. The van der Waals surface area contributed by atoms with Gasteiger partial charge in [0.15, 0.2) is 0 Å². The number of benzene rings is 4. The maximum atomic E-state index is 12.9. The Kier molecular flexibility index (Phi) is 5.11. The number of hydrogen-bond acceptors (Lipinski definition) is 4. The highest BCUT2D eigenvalue weighted by molar-refractivity contribution is 6.36. The third kappa shape index (κ3) is 3.73. The Morgan fingerprint density at radius 2 is 1.06 bits per heavy atom. The fourth-order valence-corrected chi connectivity index (χ4v) is 4.35. The number of phenolic OH excluding ortho intramolecular Hbond substituents is 2. The lowest BCUT2D eigenvalue weighted by Crippen LogP contribution is -2.29. The molecule has 0 fully saturated rings. The molecular formula is C27H18ClNO4. The summed E-state index contributed by atoms with van der Waals surface area (Å²) < 4.78 is 0. The standard InChI is InChI=1S/C27H18ClNO4/c28-19-7-14-23-24(15-19)27(33)29(26(23)32)20-8-1-16(2-9-20)25(17-3-10-21(30)11-4-17)18-5-12-22(31)13-6-18/h1-15,25,30-31H. The van der Waals surface area contributed by atoms with Crippen molar-refractivity contribution in [1.82, 2.24) is 0 Å². The number of halogens is 1. The molecule has 6 heteroatoms. The summed E-state index contributed by atoms with van der Waals surface area (Å²) in [4.78, 5) is 26.9. The number of phenols is 2. The van der Waals surface area contributed by atoms with Crippen molar-refractivity contribution in [3.63, 3.8) is 0 Å². The van der Waals surface area contributed by atoms with E-state index in [4.69, 9.17) is 11.6 Å². The Morgan fingerprint density at radius 3 is 1.58 bits per heavy atom. The van der Waals surface area contributed by atoms with Gasteiger partial charge < -0.3 is 10.2 Å². The van der Waals surface area contributed by atoms with Gasteiger partial charge in [0, 0.05) is 10.9 Å². The number of imide groups is 1. The lowest BCUT2D eigenvalue weighted by molar-refractivity contribution is 0.0926. The quantitative estimate of drug-likeness (QED) is 0.304. The van der Waals surface area contributed by atoms with Gasteiger partial charge in [0.25, 0.3) is 11.8 Å². The first kappa shape index (κ1) is 20.8. The molecule has 2 amide bonds. The zero-order valence-corrected chi connectivity index (χ0v) is 18.0. The molecule has 0 aromatic heterocycles. The zero-order valence-electron chi connectivity index (χ0n) is 17.3. The number of carbonyl (C=O) groups is 2. The predicted molar refractivity (Wildman–Crippen MR) is 126 cm³/mol. The van der Waals surface area contributed by atoms with Gasteiger partial charge in [0.2, 0.25) is 0 Å². The predicted octanol–water partition coefficient (Wildman–Crippen LogP) is 5.73. The second-order valence-corrected chi connectivity index (χ2v) is 8.28. The third-order valence-corrected chi connectivity index (χ3v) is 6.02. The van der Waals surface area contributed by atoms with Crippen molar-refractivity contribution in [3.8, 4) is 11.5 Å². The topological polar surface area (TPSA) is 77.8 Å². The van der Waals surface area contributed by atoms with Crippen molar-refractivity contribution in [2.24, 2.45) is 0 Å². The van der Waals surface area contributed by atoms with E-state index in [1.165, 1.54) is 6.07 Å². The van der Waals surface area contributed by atoms with E-state index in [0.29, 0.717) is 21.8 Å². The number of rotatable bonds is 4. The molecule has 1 aliphatic rings. The average Bonchev–Trinajstić information content (AvgIpc) is 3.06. The zero-order chi connectivity index (χ0) is 23.1. The highest BCUT2D eigenvalue weighted by Crippen LogP contribution is 2.36. The van der Waals surface area contributed by atoms with E-state index in [1.807, 2.05) is 36.4 Å². The van der Waals surface area contributed by atoms with E-state index in [0.717, 1.165) is 21.6 Å². The second kappa shape index (κ2) is 8.11. The van der Waals surface area contributed by atoms with Crippen molar-refractivity contribution >= 4 is 29.1 Å². The molecule has 0 unspecified atom stereocenters. The number of fused-ring (bicyclic) bond motifs is 1. The minimum Gasteiger partial charge on any atom is -0.508 e. The molecule has 4 aromatic rings. The van der Waals surface area contributed by atoms with Gasteiger partial charge in [-0.05, 0) is 71.3 Å². The van der Waals surface area contributed by atoms with Gasteiger partial charge in [-0.2, -0.15) is 0 Å². The summed E-state index contributed by atoms with van der Waals surface area (Å²) in [6.45, 7) is 0. The number of amides is 2. The molecule has 33 heavy (non-hydrogen) atoms. The van der Waals surface area contributed by atoms with Crippen molar-refractivity contribution < 1.29 is 19.8 Å². The molecule has 162 valence electrons. The molecule has 0 saturated heterocycles. The molecule has 0 aliphatic carbocycles. The third-order valence-electron chi connectivity index (χ3n) is 5.79. The summed E-state index contributed by atoms with van der Waals surface area (Å²) >= 11 is 6.01. The van der Waals surface area contributed by atoms with Crippen LogP contribution in [0.25, 0.3) is 0 Å². The van der Waals surface area contributed by atoms with Crippen LogP contribution in [-0.2, 0) is 0 Å². The number of aromatic hydroxyl groups is 2. The Balaban J connectivity index is 1.53. The number of hydrogen-bond donors (Lipinski definition) is 2. The minimum absolute atomic E-state index is 0.171. The summed E-state index contributed by atoms with van der Waals surface area (Å²) in [5, 5.41) is 19.8. The average molecular weight is 456 g/mol. The molecule has 0 saturated carbocycles. The number of carbonyl (C=O) groups excluding carboxylic acids is 2. The Morgan fingerprint density at radius 1 is 0.606 bits per heavy atom. The van der Waals surface area contributed by atoms with Gasteiger partial charge in [-0.3, -0.25) is 9.59 Å². The van der Waals surface area contributed by atoms with Crippen LogP contribution in [0.1, 0.15) is 43.3 Å². The fourth-order valence-electron chi connectivity index (χ4n) is 4.17. The van der Waals surface area contributed by atoms with E-state index in [1.54, 1.807) is 48.5 Å². The first-order valence-corrected chi connectivity index (χ1v) is 10.7. The number of nitrogens with zero attached hydrogens (tertiary/aromatic N) is 1. The lowest BCUT2D eigenvalue weighted by atomic mass is 9.85. The van der Waals surface area contributed by atoms with Crippen molar-refractivity contribution in [3.05, 3.63) is 124 Å². The molecule has 5 rings (SSSR count). The molecule has 0 bridgehead atoms. The molecule has 0 spiro atoms. The first-order valence-electron chi connectivity index (χ1n) is 10.3. The van der Waals surface area contributed by atoms with E-state index in [2.05, 4.69) is 0 Å². The first-order chi connectivity index (χ1) is 15.9. The summed E-state index contributed by atoms with van der Waals surface area (Å²) in [6.07, 6.45) is 0. The molecule has 4 aromatic carbocycles. The summed E-state index contributed by atoms with van der Waals surface area (Å²) in [7, 11) is 0. The van der Waals surface area contributed by atoms with E-state index < -0.39 is 5.91 Å². The molecule has 1 heterocycles. The Hall–Kier alpha value is -4.09. The van der Waals surface area contributed by atoms with Gasteiger partial charge in [-0.1, -0.05) is 48.0 Å². The van der Waals surface area contributed by atoms with Crippen LogP contribution in [0.2, 0.25) is 5.02 Å². The van der Waals surface area contributed by atoms with Crippen LogP contribution in [-0.4, -0.2) is 22.0 Å². The summed E-state index contributed by atoms with van der Waals surface area (Å²) in [6, 6.07) is 25.8. The van der Waals surface area contributed by atoms with E-state index in [-0.39, 0.29) is 23.3 Å². The van der Waals surface area contributed by atoms with Crippen LogP contribution in [0.5, 0.6) is 11.5 Å². The van der Waals surface area contributed by atoms with E-state index >= 15 is 0 Å². The molecule has 1 aliphatic heterocycles. The summed E-state index contributed by atoms with van der Waals surface area (Å²) in [5.74, 6) is -0.623. The molecular weight excluding hydrogens is 438 g/mol. The van der Waals surface area contributed by atoms with Crippen LogP contribution in [0.3, 0.4) is 0 Å². The lowest BCUT2D eigenvalue weighted by Gasteiger charge is -2.21. The second-order valence-electron chi connectivity index (χ2n) is 7.84. The van der Waals surface area contributed by atoms with Crippen molar-refractivity contribution in [2.45, 2.75) is 5.92 Å². The largest absolute Gasteiger partial charge is 0.508 e. The van der Waals surface area contributed by atoms with Gasteiger partial charge in [0.1, 0.15) is 11.5 Å². The van der Waals surface area contributed by atoms with Crippen molar-refractivity contribution in [1.29, 1.82) is 0 Å². The summed E-state index contributed by atoms with van der Waals surface area (Å²) in [5.41, 5.74) is 3.91. The van der Waals surface area contributed by atoms with Gasteiger partial charge in [-0.15, -0.1) is 0 Å². The smallest absolute Gasteiger partial charge is 0.266 e. The minimum atomic E-state index is -0.404. The van der Waals surface area contributed by atoms with Crippen LogP contribution in [0.4, 0.5) is 5.69 Å². The Labute approximate surface area is 195 Å². The SMILES string of the molecule is O=C1c2ccc(Cl)cc2C(=O)N1c1ccc(C(c2ccc(O)cc2)c2ccc(O)cc2)cc1. The highest BCUT2D eigenvalue weighted by Gasteiger charge is 2.36. The van der Waals surface area contributed by atoms with Crippen molar-refractivity contribution in [2.75, 3.05) is 4.90 Å². The van der Waals surface area contributed by atoms with Gasteiger partial charge in [0.05, 0.1) is 16.8 Å². The fraction of sp³-hybridized carbons (Fsp3) is 0.0370. The maximum absolute atomic E-state index is 12.9. The molecule has 0 radical (unpaired) electrons. The Bertz CT molecular complexity index is 1320. The van der Waals surface area contributed by atoms with Crippen LogP contribution >= 0.6 is 11.6 Å². The van der Waals surface area contributed by atoms with Gasteiger partial charge in [-0.25, -0.2) is 4.90 Å². The number of anilines is 1. The monoisotopic (exact) mass is 455 g/mol. The highest BCUT2D eigenvalue weighted by atomic mass is 35.5. The van der Waals surface area contributed by atoms with Gasteiger partial charge >= 0.3 is 0 Å².